The van der Waals surface area contributed by atoms with Gasteiger partial charge in [0.2, 0.25) is 5.91 Å². The standard InChI is InChI=1S/C16H24ClN3O/c1-3-12-6-8-20(9-7-12)11(2)16(21)19-13-4-5-14(17)15(18)10-13/h4-5,10-12H,3,6-9,18H2,1-2H3,(H,19,21). The summed E-state index contributed by atoms with van der Waals surface area (Å²) in [6.45, 7) is 6.19. The number of halogens is 1. The molecule has 1 atom stereocenters. The van der Waals surface area contributed by atoms with E-state index < -0.39 is 0 Å². The molecule has 1 aliphatic heterocycles. The number of likely N-dealkylation sites (tertiary alicyclic amines) is 1. The maximum atomic E-state index is 12.3. The van der Waals surface area contributed by atoms with Crippen molar-refractivity contribution in [3.8, 4) is 0 Å². The van der Waals surface area contributed by atoms with E-state index in [9.17, 15) is 4.79 Å². The zero-order valence-corrected chi connectivity index (χ0v) is 13.5. The Hall–Kier alpha value is -1.26. The zero-order valence-electron chi connectivity index (χ0n) is 12.7. The number of hydrogen-bond acceptors (Lipinski definition) is 3. The average Bonchev–Trinajstić information content (AvgIpc) is 2.50. The highest BCUT2D eigenvalue weighted by Gasteiger charge is 2.25. The van der Waals surface area contributed by atoms with Crippen LogP contribution in [0.1, 0.15) is 33.1 Å². The first-order valence-electron chi connectivity index (χ1n) is 7.61. The van der Waals surface area contributed by atoms with Gasteiger partial charge in [-0.15, -0.1) is 0 Å². The molecule has 0 aliphatic carbocycles. The van der Waals surface area contributed by atoms with Crippen LogP contribution in [0.4, 0.5) is 11.4 Å². The molecule has 0 spiro atoms. The Morgan fingerprint density at radius 3 is 2.71 bits per heavy atom. The van der Waals surface area contributed by atoms with Crippen LogP contribution in [0.25, 0.3) is 0 Å². The molecule has 1 aromatic carbocycles. The molecule has 1 fully saturated rings. The van der Waals surface area contributed by atoms with Crippen LogP contribution in [0.2, 0.25) is 5.02 Å². The minimum atomic E-state index is -0.125. The molecule has 4 nitrogen and oxygen atoms in total. The highest BCUT2D eigenvalue weighted by atomic mass is 35.5. The Kier molecular flexibility index (Phi) is 5.48. The summed E-state index contributed by atoms with van der Waals surface area (Å²) in [6, 6.07) is 5.03. The quantitative estimate of drug-likeness (QED) is 0.838. The lowest BCUT2D eigenvalue weighted by molar-refractivity contribution is -0.121. The maximum Gasteiger partial charge on any atom is 0.241 e. The van der Waals surface area contributed by atoms with Gasteiger partial charge in [-0.25, -0.2) is 0 Å². The second-order valence-corrected chi connectivity index (χ2v) is 6.20. The zero-order chi connectivity index (χ0) is 15.4. The van der Waals surface area contributed by atoms with E-state index in [1.807, 2.05) is 6.92 Å². The van der Waals surface area contributed by atoms with Crippen LogP contribution in [-0.4, -0.2) is 29.9 Å². The fourth-order valence-electron chi connectivity index (χ4n) is 2.78. The van der Waals surface area contributed by atoms with Crippen LogP contribution >= 0.6 is 11.6 Å². The van der Waals surface area contributed by atoms with Gasteiger partial charge in [-0.1, -0.05) is 24.9 Å². The highest BCUT2D eigenvalue weighted by molar-refractivity contribution is 6.33. The topological polar surface area (TPSA) is 58.4 Å². The van der Waals surface area contributed by atoms with Crippen LogP contribution < -0.4 is 11.1 Å². The molecule has 2 rings (SSSR count). The third-order valence-corrected chi connectivity index (χ3v) is 4.76. The molecule has 1 unspecified atom stereocenters. The van der Waals surface area contributed by atoms with Gasteiger partial charge in [0.15, 0.2) is 0 Å². The van der Waals surface area contributed by atoms with Crippen LogP contribution in [0, 0.1) is 5.92 Å². The first-order valence-corrected chi connectivity index (χ1v) is 7.99. The molecule has 1 heterocycles. The van der Waals surface area contributed by atoms with E-state index in [-0.39, 0.29) is 11.9 Å². The van der Waals surface area contributed by atoms with E-state index in [1.165, 1.54) is 19.3 Å². The van der Waals surface area contributed by atoms with Crippen LogP contribution in [-0.2, 0) is 4.79 Å². The Morgan fingerprint density at radius 1 is 1.48 bits per heavy atom. The number of nitrogens with two attached hydrogens (primary N) is 1. The van der Waals surface area contributed by atoms with Crippen LogP contribution in [0.3, 0.4) is 0 Å². The summed E-state index contributed by atoms with van der Waals surface area (Å²) in [5.41, 5.74) is 6.92. The van der Waals surface area contributed by atoms with E-state index in [4.69, 9.17) is 17.3 Å². The normalized spacial score (nSPS) is 18.4. The van der Waals surface area contributed by atoms with Gasteiger partial charge in [-0.05, 0) is 57.0 Å². The first kappa shape index (κ1) is 16.1. The number of nitrogen functional groups attached to an aromatic ring is 1. The second-order valence-electron chi connectivity index (χ2n) is 5.79. The number of rotatable bonds is 4. The molecule has 1 aromatic rings. The number of piperidine rings is 1. The van der Waals surface area contributed by atoms with Gasteiger partial charge in [0.05, 0.1) is 16.8 Å². The Labute approximate surface area is 131 Å². The Morgan fingerprint density at radius 2 is 2.14 bits per heavy atom. The summed E-state index contributed by atoms with van der Waals surface area (Å²) in [5.74, 6) is 0.819. The number of nitrogens with zero attached hydrogens (tertiary/aromatic N) is 1. The third-order valence-electron chi connectivity index (χ3n) is 4.42. The van der Waals surface area contributed by atoms with Crippen molar-refractivity contribution in [1.82, 2.24) is 4.90 Å². The molecule has 1 amide bonds. The lowest BCUT2D eigenvalue weighted by Gasteiger charge is -2.35. The minimum absolute atomic E-state index is 0.00618. The van der Waals surface area contributed by atoms with Gasteiger partial charge < -0.3 is 11.1 Å². The first-order chi connectivity index (χ1) is 10.0. The lowest BCUT2D eigenvalue weighted by Crippen LogP contribution is -2.46. The maximum absolute atomic E-state index is 12.3. The molecule has 0 radical (unpaired) electrons. The summed E-state index contributed by atoms with van der Waals surface area (Å²) in [7, 11) is 0. The van der Waals surface area contributed by atoms with E-state index in [1.54, 1.807) is 18.2 Å². The number of carbonyl (C=O) groups is 1. The van der Waals surface area contributed by atoms with Gasteiger partial charge in [0.25, 0.3) is 0 Å². The number of hydrogen-bond donors (Lipinski definition) is 2. The van der Waals surface area contributed by atoms with Gasteiger partial charge in [-0.2, -0.15) is 0 Å². The van der Waals surface area contributed by atoms with Crippen molar-refractivity contribution in [1.29, 1.82) is 0 Å². The Bertz CT molecular complexity index is 498. The summed E-state index contributed by atoms with van der Waals surface area (Å²) in [5, 5.41) is 3.42. The molecule has 0 aromatic heterocycles. The van der Waals surface area contributed by atoms with Crippen molar-refractivity contribution in [2.45, 2.75) is 39.2 Å². The predicted molar refractivity (Wildman–Crippen MR) is 88.5 cm³/mol. The fraction of sp³-hybridized carbons (Fsp3) is 0.562. The van der Waals surface area contributed by atoms with E-state index in [2.05, 4.69) is 17.1 Å². The number of amides is 1. The van der Waals surface area contributed by atoms with Crippen molar-refractivity contribution in [3.05, 3.63) is 23.2 Å². The fourth-order valence-corrected chi connectivity index (χ4v) is 2.90. The molecule has 1 saturated heterocycles. The van der Waals surface area contributed by atoms with Gasteiger partial charge in [0, 0.05) is 5.69 Å². The van der Waals surface area contributed by atoms with Crippen molar-refractivity contribution >= 4 is 28.9 Å². The van der Waals surface area contributed by atoms with Crippen molar-refractivity contribution < 1.29 is 4.79 Å². The second kappa shape index (κ2) is 7.14. The van der Waals surface area contributed by atoms with E-state index in [0.29, 0.717) is 16.4 Å². The summed E-state index contributed by atoms with van der Waals surface area (Å²) >= 11 is 5.88. The van der Waals surface area contributed by atoms with Crippen molar-refractivity contribution in [3.63, 3.8) is 0 Å². The van der Waals surface area contributed by atoms with Gasteiger partial charge >= 0.3 is 0 Å². The lowest BCUT2D eigenvalue weighted by atomic mass is 9.93. The SMILES string of the molecule is CCC1CCN(C(C)C(=O)Nc2ccc(Cl)c(N)c2)CC1. The molecule has 21 heavy (non-hydrogen) atoms. The van der Waals surface area contributed by atoms with Gasteiger partial charge in [0.1, 0.15) is 0 Å². The number of nitrogens with one attached hydrogen (secondary N) is 1. The van der Waals surface area contributed by atoms with Crippen LogP contribution in [0.15, 0.2) is 18.2 Å². The molecule has 3 N–H and O–H groups in total. The van der Waals surface area contributed by atoms with Gasteiger partial charge in [-0.3, -0.25) is 9.69 Å². The molecule has 0 saturated carbocycles. The number of carbonyl (C=O) groups excluding carboxylic acids is 1. The molecular weight excluding hydrogens is 286 g/mol. The molecule has 0 bridgehead atoms. The average molecular weight is 310 g/mol. The summed E-state index contributed by atoms with van der Waals surface area (Å²) in [6.07, 6.45) is 3.60. The van der Waals surface area contributed by atoms with E-state index >= 15 is 0 Å². The molecule has 116 valence electrons. The molecule has 5 heteroatoms. The number of anilines is 2. The molecule has 1 aliphatic rings. The highest BCUT2D eigenvalue weighted by Crippen LogP contribution is 2.24. The van der Waals surface area contributed by atoms with Crippen molar-refractivity contribution in [2.24, 2.45) is 5.92 Å². The smallest absolute Gasteiger partial charge is 0.241 e. The predicted octanol–water partition coefficient (Wildman–Crippen LogP) is 3.37. The minimum Gasteiger partial charge on any atom is -0.397 e. The summed E-state index contributed by atoms with van der Waals surface area (Å²) < 4.78 is 0. The van der Waals surface area contributed by atoms with Crippen molar-refractivity contribution in [2.75, 3.05) is 24.1 Å². The van der Waals surface area contributed by atoms with Crippen LogP contribution in [0.5, 0.6) is 0 Å². The third kappa shape index (κ3) is 4.11. The molecular formula is C16H24ClN3O. The summed E-state index contributed by atoms with van der Waals surface area (Å²) in [4.78, 5) is 14.6. The number of benzene rings is 1. The Balaban J connectivity index is 1.92. The largest absolute Gasteiger partial charge is 0.397 e. The monoisotopic (exact) mass is 309 g/mol. The van der Waals surface area contributed by atoms with E-state index in [0.717, 1.165) is 19.0 Å².